The largest absolute Gasteiger partial charge is 0.456 e. The molecule has 0 spiro atoms. The summed E-state index contributed by atoms with van der Waals surface area (Å²) in [7, 11) is 0. The van der Waals surface area contributed by atoms with E-state index in [1.165, 1.54) is 6.07 Å². The van der Waals surface area contributed by atoms with E-state index in [0.29, 0.717) is 12.0 Å². The first kappa shape index (κ1) is 14.2. The zero-order chi connectivity index (χ0) is 13.9. The van der Waals surface area contributed by atoms with Crippen molar-refractivity contribution in [3.05, 3.63) is 39.4 Å². The van der Waals surface area contributed by atoms with Gasteiger partial charge >= 0.3 is 5.97 Å². The molecule has 0 atom stereocenters. The lowest BCUT2D eigenvalue weighted by molar-refractivity contribution is -0.385. The number of nitrogens with zero attached hydrogens (tertiary/aromatic N) is 1. The first-order chi connectivity index (χ1) is 8.26. The number of aryl methyl sites for hydroxylation is 1. The van der Waals surface area contributed by atoms with Gasteiger partial charge in [0.05, 0.1) is 4.92 Å². The van der Waals surface area contributed by atoms with E-state index in [0.717, 1.165) is 0 Å². The highest BCUT2D eigenvalue weighted by Crippen LogP contribution is 2.25. The fourth-order valence-corrected chi connectivity index (χ4v) is 1.60. The van der Waals surface area contributed by atoms with Crippen molar-refractivity contribution in [1.29, 1.82) is 0 Å². The van der Waals surface area contributed by atoms with E-state index in [2.05, 4.69) is 0 Å². The third-order valence-corrected chi connectivity index (χ3v) is 2.31. The van der Waals surface area contributed by atoms with Gasteiger partial charge < -0.3 is 4.74 Å². The Morgan fingerprint density at radius 3 is 2.44 bits per heavy atom. The van der Waals surface area contributed by atoms with Crippen LogP contribution in [0.4, 0.5) is 5.69 Å². The van der Waals surface area contributed by atoms with Gasteiger partial charge in [0, 0.05) is 6.07 Å². The Morgan fingerprint density at radius 1 is 1.39 bits per heavy atom. The maximum Gasteiger partial charge on any atom is 0.345 e. The summed E-state index contributed by atoms with van der Waals surface area (Å²) in [5.74, 6) is -0.647. The monoisotopic (exact) mass is 251 g/mol. The Morgan fingerprint density at radius 2 is 2.00 bits per heavy atom. The van der Waals surface area contributed by atoms with Crippen molar-refractivity contribution in [1.82, 2.24) is 0 Å². The van der Waals surface area contributed by atoms with E-state index in [4.69, 9.17) is 4.74 Å². The second kappa shape index (κ2) is 5.16. The minimum absolute atomic E-state index is 0.0555. The van der Waals surface area contributed by atoms with Gasteiger partial charge in [-0.3, -0.25) is 10.1 Å². The summed E-state index contributed by atoms with van der Waals surface area (Å²) in [5.41, 5.74) is -0.201. The number of carbonyl (C=O) groups excluding carboxylic acids is 1. The van der Waals surface area contributed by atoms with Crippen molar-refractivity contribution < 1.29 is 14.5 Å². The zero-order valence-corrected chi connectivity index (χ0v) is 11.0. The average molecular weight is 251 g/mol. The third-order valence-electron chi connectivity index (χ3n) is 2.31. The summed E-state index contributed by atoms with van der Waals surface area (Å²) in [6.45, 7) is 7.02. The minimum Gasteiger partial charge on any atom is -0.456 e. The van der Waals surface area contributed by atoms with Crippen LogP contribution < -0.4 is 0 Å². The topological polar surface area (TPSA) is 69.4 Å². The quantitative estimate of drug-likeness (QED) is 0.470. The predicted octanol–water partition coefficient (Wildman–Crippen LogP) is 3.11. The van der Waals surface area contributed by atoms with E-state index >= 15 is 0 Å². The van der Waals surface area contributed by atoms with Crippen LogP contribution in [0, 0.1) is 10.1 Å². The van der Waals surface area contributed by atoms with E-state index in [1.807, 2.05) is 6.92 Å². The molecule has 0 heterocycles. The van der Waals surface area contributed by atoms with E-state index < -0.39 is 16.5 Å². The molecule has 0 N–H and O–H groups in total. The SMILES string of the molecule is CCc1cccc([N+](=O)[O-])c1C(=O)OC(C)(C)C. The minimum atomic E-state index is -0.675. The van der Waals surface area contributed by atoms with Crippen LogP contribution in [0.1, 0.15) is 43.6 Å². The van der Waals surface area contributed by atoms with Gasteiger partial charge in [0.15, 0.2) is 0 Å². The molecule has 0 aromatic heterocycles. The molecule has 0 fully saturated rings. The second-order valence-electron chi connectivity index (χ2n) is 4.92. The maximum atomic E-state index is 12.0. The Labute approximate surface area is 106 Å². The Balaban J connectivity index is 3.28. The highest BCUT2D eigenvalue weighted by Gasteiger charge is 2.27. The molecule has 0 saturated heterocycles. The molecular formula is C13H17NO4. The molecule has 0 aliphatic heterocycles. The molecule has 0 saturated carbocycles. The normalized spacial score (nSPS) is 11.1. The molecule has 0 amide bonds. The van der Waals surface area contributed by atoms with Gasteiger partial charge in [-0.15, -0.1) is 0 Å². The summed E-state index contributed by atoms with van der Waals surface area (Å²) in [6, 6.07) is 4.59. The first-order valence-electron chi connectivity index (χ1n) is 5.76. The third kappa shape index (κ3) is 3.29. The molecule has 1 aromatic carbocycles. The lowest BCUT2D eigenvalue weighted by Gasteiger charge is -2.20. The highest BCUT2D eigenvalue weighted by molar-refractivity contribution is 5.95. The molecule has 0 aliphatic carbocycles. The second-order valence-corrected chi connectivity index (χ2v) is 4.92. The fraction of sp³-hybridized carbons (Fsp3) is 0.462. The first-order valence-corrected chi connectivity index (χ1v) is 5.76. The van der Waals surface area contributed by atoms with Gasteiger partial charge in [0.2, 0.25) is 0 Å². The number of benzene rings is 1. The maximum absolute atomic E-state index is 12.0. The molecule has 0 radical (unpaired) electrons. The van der Waals surface area contributed by atoms with Gasteiger partial charge in [0.1, 0.15) is 11.2 Å². The number of ether oxygens (including phenoxy) is 1. The van der Waals surface area contributed by atoms with Crippen LogP contribution >= 0.6 is 0 Å². The number of nitro benzene ring substituents is 1. The number of carbonyl (C=O) groups is 1. The van der Waals surface area contributed by atoms with Crippen molar-refractivity contribution >= 4 is 11.7 Å². The van der Waals surface area contributed by atoms with E-state index in [-0.39, 0.29) is 11.3 Å². The Bertz CT molecular complexity index is 474. The number of rotatable bonds is 3. The van der Waals surface area contributed by atoms with Crippen molar-refractivity contribution in [3.8, 4) is 0 Å². The van der Waals surface area contributed by atoms with Crippen LogP contribution in [-0.4, -0.2) is 16.5 Å². The van der Waals surface area contributed by atoms with Crippen LogP contribution in [0.3, 0.4) is 0 Å². The van der Waals surface area contributed by atoms with Crippen molar-refractivity contribution in [2.45, 2.75) is 39.7 Å². The molecule has 18 heavy (non-hydrogen) atoms. The molecule has 0 aliphatic rings. The van der Waals surface area contributed by atoms with Gasteiger partial charge in [-0.2, -0.15) is 0 Å². The van der Waals surface area contributed by atoms with Crippen LogP contribution in [0.15, 0.2) is 18.2 Å². The molecule has 98 valence electrons. The Kier molecular flexibility index (Phi) is 4.06. The molecule has 5 nitrogen and oxygen atoms in total. The van der Waals surface area contributed by atoms with E-state index in [1.54, 1.807) is 32.9 Å². The van der Waals surface area contributed by atoms with Gasteiger partial charge in [-0.1, -0.05) is 19.1 Å². The van der Waals surface area contributed by atoms with Crippen molar-refractivity contribution in [2.24, 2.45) is 0 Å². The van der Waals surface area contributed by atoms with E-state index in [9.17, 15) is 14.9 Å². The number of esters is 1. The molecule has 0 bridgehead atoms. The molecule has 5 heteroatoms. The summed E-state index contributed by atoms with van der Waals surface area (Å²) < 4.78 is 5.21. The number of hydrogen-bond donors (Lipinski definition) is 0. The summed E-state index contributed by atoms with van der Waals surface area (Å²) in [4.78, 5) is 22.4. The van der Waals surface area contributed by atoms with Crippen LogP contribution in [0.2, 0.25) is 0 Å². The standard InChI is InChI=1S/C13H17NO4/c1-5-9-7-6-8-10(14(16)17)11(9)12(15)18-13(2,3)4/h6-8H,5H2,1-4H3. The zero-order valence-electron chi connectivity index (χ0n) is 11.0. The molecule has 1 aromatic rings. The molecule has 1 rings (SSSR count). The highest BCUT2D eigenvalue weighted by atomic mass is 16.6. The number of nitro groups is 1. The smallest absolute Gasteiger partial charge is 0.345 e. The van der Waals surface area contributed by atoms with Gasteiger partial charge in [0.25, 0.3) is 5.69 Å². The fourth-order valence-electron chi connectivity index (χ4n) is 1.60. The lowest BCUT2D eigenvalue weighted by Crippen LogP contribution is -2.25. The van der Waals surface area contributed by atoms with Crippen molar-refractivity contribution in [3.63, 3.8) is 0 Å². The van der Waals surface area contributed by atoms with Gasteiger partial charge in [-0.05, 0) is 32.8 Å². The Hall–Kier alpha value is -1.91. The van der Waals surface area contributed by atoms with Crippen molar-refractivity contribution in [2.75, 3.05) is 0 Å². The molecule has 0 unspecified atom stereocenters. The lowest BCUT2D eigenvalue weighted by atomic mass is 10.0. The van der Waals surface area contributed by atoms with Crippen LogP contribution in [0.25, 0.3) is 0 Å². The summed E-state index contributed by atoms with van der Waals surface area (Å²) in [6.07, 6.45) is 0.538. The van der Waals surface area contributed by atoms with Gasteiger partial charge in [-0.25, -0.2) is 4.79 Å². The summed E-state index contributed by atoms with van der Waals surface area (Å²) >= 11 is 0. The van der Waals surface area contributed by atoms with Crippen LogP contribution in [0.5, 0.6) is 0 Å². The number of hydrogen-bond acceptors (Lipinski definition) is 4. The predicted molar refractivity (Wildman–Crippen MR) is 67.6 cm³/mol. The van der Waals surface area contributed by atoms with Crippen LogP contribution in [-0.2, 0) is 11.2 Å². The molecular weight excluding hydrogens is 234 g/mol. The summed E-state index contributed by atoms with van der Waals surface area (Å²) in [5, 5.41) is 11.0. The average Bonchev–Trinajstić information content (AvgIpc) is 2.25.